The lowest BCUT2D eigenvalue weighted by atomic mass is 29.3. The molecule has 1 rings (SSSR count). The van der Waals surface area contributed by atoms with E-state index in [2.05, 4.69) is 8.93 Å². The average Bonchev–Trinajstić information content (AvgIpc) is 2.21. The molecule has 0 radical (unpaired) electrons. The van der Waals surface area contributed by atoms with Crippen LogP contribution in [0.5, 0.6) is 0 Å². The summed E-state index contributed by atoms with van der Waals surface area (Å²) in [6.07, 6.45) is 0. The van der Waals surface area contributed by atoms with E-state index in [0.717, 1.165) is 6.58 Å². The molecule has 0 saturated heterocycles. The van der Waals surface area contributed by atoms with Gasteiger partial charge in [-0.25, -0.2) is 0 Å². The lowest BCUT2D eigenvalue weighted by molar-refractivity contribution is 5.20. The van der Waals surface area contributed by atoms with Crippen molar-refractivity contribution < 1.29 is 0 Å². The van der Waals surface area contributed by atoms with Gasteiger partial charge in [0.15, 0.2) is 0 Å². The van der Waals surface area contributed by atoms with Gasteiger partial charge in [-0.3, -0.25) is 0 Å². The van der Waals surface area contributed by atoms with E-state index in [1.54, 1.807) is 0 Å². The standard InChI is InChI=1S/H6P6/c1-2-3-6-4-5-6/h2-5H,1H2. The van der Waals surface area contributed by atoms with Crippen LogP contribution in [0.25, 0.3) is 0 Å². The molecule has 0 N–H and O–H groups in total. The second kappa shape index (κ2) is 3.26. The van der Waals surface area contributed by atoms with Crippen molar-refractivity contribution in [1.82, 2.24) is 0 Å². The largest absolute Gasteiger partial charge is 0.110 e. The highest BCUT2D eigenvalue weighted by atomic mass is 32.9. The van der Waals surface area contributed by atoms with Crippen molar-refractivity contribution in [2.75, 3.05) is 0 Å². The molecular weight excluding hydrogens is 186 g/mol. The Morgan fingerprint density at radius 3 is 2.33 bits per heavy atom. The van der Waals surface area contributed by atoms with Gasteiger partial charge in [0.25, 0.3) is 0 Å². The van der Waals surface area contributed by atoms with E-state index >= 15 is 0 Å². The van der Waals surface area contributed by atoms with Gasteiger partial charge in [0, 0.05) is 0 Å². The van der Waals surface area contributed by atoms with Crippen LogP contribution in [0.2, 0.25) is 0 Å². The SMILES string of the molecule is PPPp1[pH][pH]1. The molecule has 0 fully saturated rings. The first-order valence-electron chi connectivity index (χ1n) is 1.46. The molecule has 0 spiro atoms. The maximum atomic E-state index is 2.83. The van der Waals surface area contributed by atoms with Gasteiger partial charge < -0.3 is 0 Å². The molecule has 0 amide bonds. The highest BCUT2D eigenvalue weighted by molar-refractivity contribution is 8.88. The Balaban J connectivity index is 2.09. The zero-order chi connectivity index (χ0) is 4.41. The minimum absolute atomic E-state index is 0.724. The van der Waals surface area contributed by atoms with Crippen molar-refractivity contribution in [3.05, 3.63) is 0 Å². The zero-order valence-electron chi connectivity index (χ0n) is 3.02. The maximum absolute atomic E-state index is 2.83. The molecule has 5 unspecified atom stereocenters. The van der Waals surface area contributed by atoms with Crippen LogP contribution >= 0.6 is 46.5 Å². The fourth-order valence-electron chi connectivity index (χ4n) is 0.145. The summed E-state index contributed by atoms with van der Waals surface area (Å²) in [5.41, 5.74) is 0. The predicted molar refractivity (Wildman–Crippen MR) is 49.9 cm³/mol. The Bertz CT molecular complexity index is 78.6. The molecule has 36 valence electrons. The van der Waals surface area contributed by atoms with Gasteiger partial charge in [0.1, 0.15) is 0 Å². The summed E-state index contributed by atoms with van der Waals surface area (Å²) in [5.74, 6) is 0. The molecule has 0 bridgehead atoms. The van der Waals surface area contributed by atoms with Crippen LogP contribution in [-0.2, 0) is 0 Å². The Labute approximate surface area is 47.0 Å². The van der Waals surface area contributed by atoms with Gasteiger partial charge in [0.2, 0.25) is 0 Å². The Kier molecular flexibility index (Phi) is 3.43. The fraction of sp³-hybridized carbons (Fsp3) is 0. The minimum atomic E-state index is 0.724. The Morgan fingerprint density at radius 1 is 1.50 bits per heavy atom. The number of hydrogen-bond donors (Lipinski definition) is 0. The quantitative estimate of drug-likeness (QED) is 0.628. The van der Waals surface area contributed by atoms with Crippen LogP contribution in [0.15, 0.2) is 0 Å². The summed E-state index contributed by atoms with van der Waals surface area (Å²) in [6.45, 7) is 0.724. The first kappa shape index (κ1) is 6.31. The summed E-state index contributed by atoms with van der Waals surface area (Å²) in [6, 6.07) is 0. The fourth-order valence-corrected chi connectivity index (χ4v) is 35.3. The highest BCUT2D eigenvalue weighted by Gasteiger charge is 1.89. The molecule has 0 saturated carbocycles. The lowest BCUT2D eigenvalue weighted by Gasteiger charge is -1.78. The summed E-state index contributed by atoms with van der Waals surface area (Å²) >= 11 is 0. The van der Waals surface area contributed by atoms with Gasteiger partial charge in [0.05, 0.1) is 0 Å². The van der Waals surface area contributed by atoms with Crippen molar-refractivity contribution in [2.24, 2.45) is 0 Å². The van der Waals surface area contributed by atoms with Crippen molar-refractivity contribution in [2.45, 2.75) is 0 Å². The molecule has 1 heterocycles. The smallest absolute Gasteiger partial charge is 0.0379 e. The van der Waals surface area contributed by atoms with Crippen LogP contribution in [0.4, 0.5) is 0 Å². The van der Waals surface area contributed by atoms with E-state index in [-0.39, 0.29) is 0 Å². The Hall–Kier alpha value is 2.19. The summed E-state index contributed by atoms with van der Waals surface area (Å²) < 4.78 is 0. The van der Waals surface area contributed by atoms with E-state index in [1.165, 1.54) is 31.0 Å². The molecule has 0 aliphatic rings. The molecule has 0 aromatic carbocycles. The predicted octanol–water partition coefficient (Wildman–Crippen LogP) is 3.56. The zero-order valence-corrected chi connectivity index (χ0v) is 9.07. The van der Waals surface area contributed by atoms with Crippen LogP contribution in [-0.4, -0.2) is 0 Å². The third kappa shape index (κ3) is 2.49. The maximum Gasteiger partial charge on any atom is -0.0379 e. The van der Waals surface area contributed by atoms with Crippen LogP contribution < -0.4 is 0 Å². The molecule has 0 aliphatic heterocycles. The van der Waals surface area contributed by atoms with E-state index in [0.29, 0.717) is 0 Å². The van der Waals surface area contributed by atoms with Crippen LogP contribution in [0.1, 0.15) is 0 Å². The molecule has 0 nitrogen and oxygen atoms in total. The highest BCUT2D eigenvalue weighted by Crippen LogP contribution is 2.82. The molecule has 0 aliphatic carbocycles. The van der Waals surface area contributed by atoms with Gasteiger partial charge >= 0.3 is 0 Å². The van der Waals surface area contributed by atoms with Gasteiger partial charge in [-0.2, -0.15) is 0 Å². The summed E-state index contributed by atoms with van der Waals surface area (Å²) in [5, 5.41) is 0. The van der Waals surface area contributed by atoms with E-state index < -0.39 is 0 Å². The van der Waals surface area contributed by atoms with Crippen LogP contribution in [0.3, 0.4) is 0 Å². The van der Waals surface area contributed by atoms with Crippen molar-refractivity contribution >= 4 is 46.5 Å². The molecule has 1 aromatic rings. The molecule has 1 aromatic heterocycles. The average molecular weight is 192 g/mol. The summed E-state index contributed by atoms with van der Waals surface area (Å²) in [4.78, 5) is 0. The van der Waals surface area contributed by atoms with Gasteiger partial charge in [-0.15, -0.1) is 8.93 Å². The lowest BCUT2D eigenvalue weighted by Crippen LogP contribution is -0.856. The third-order valence-electron chi connectivity index (χ3n) is 0.400. The van der Waals surface area contributed by atoms with Gasteiger partial charge in [-0.05, 0) is 7.96 Å². The monoisotopic (exact) mass is 192 g/mol. The second-order valence-electron chi connectivity index (χ2n) is 0.815. The first-order chi connectivity index (χ1) is 2.93. The molecule has 6 heavy (non-hydrogen) atoms. The van der Waals surface area contributed by atoms with Crippen molar-refractivity contribution in [3.63, 3.8) is 0 Å². The summed E-state index contributed by atoms with van der Waals surface area (Å²) in [7, 11) is 8.24. The third-order valence-corrected chi connectivity index (χ3v) is 26.4. The minimum Gasteiger partial charge on any atom is -0.110 e. The Morgan fingerprint density at radius 2 is 2.17 bits per heavy atom. The molecule has 5 atom stereocenters. The number of hydrogen-bond acceptors (Lipinski definition) is 0. The van der Waals surface area contributed by atoms with E-state index in [1.807, 2.05) is 0 Å². The van der Waals surface area contributed by atoms with E-state index in [4.69, 9.17) is 0 Å². The van der Waals surface area contributed by atoms with Crippen molar-refractivity contribution in [1.29, 1.82) is 0 Å². The van der Waals surface area contributed by atoms with Crippen molar-refractivity contribution in [3.8, 4) is 0 Å². The molecule has 6 heteroatoms. The second-order valence-corrected chi connectivity index (χ2v) is 22.0. The first-order valence-corrected chi connectivity index (χ1v) is 13.1. The van der Waals surface area contributed by atoms with Gasteiger partial charge in [-0.1, -0.05) is 29.6 Å². The molecular formula is H6P6. The number of rotatable bonds is 2. The topological polar surface area (TPSA) is 0 Å². The van der Waals surface area contributed by atoms with E-state index in [9.17, 15) is 0 Å². The normalized spacial score (nSPS) is 19.8. The van der Waals surface area contributed by atoms with Crippen LogP contribution in [0, 0.1) is 0 Å².